The first-order valence-corrected chi connectivity index (χ1v) is 8.54. The van der Waals surface area contributed by atoms with Gasteiger partial charge < -0.3 is 19.3 Å². The molecule has 7 heteroatoms. The molecule has 1 atom stereocenters. The minimum Gasteiger partial charge on any atom is -0.487 e. The summed E-state index contributed by atoms with van der Waals surface area (Å²) < 4.78 is 11.0. The summed E-state index contributed by atoms with van der Waals surface area (Å²) in [5.74, 6) is 0.556. The molecule has 1 fully saturated rings. The second-order valence-electron chi connectivity index (χ2n) is 6.04. The van der Waals surface area contributed by atoms with E-state index in [2.05, 4.69) is 0 Å². The zero-order chi connectivity index (χ0) is 17.1. The van der Waals surface area contributed by atoms with E-state index in [4.69, 9.17) is 21.1 Å². The van der Waals surface area contributed by atoms with Crippen molar-refractivity contribution in [3.63, 3.8) is 0 Å². The van der Waals surface area contributed by atoms with Crippen LogP contribution >= 0.6 is 11.6 Å². The van der Waals surface area contributed by atoms with Gasteiger partial charge in [-0.1, -0.05) is 11.6 Å². The van der Waals surface area contributed by atoms with Crippen molar-refractivity contribution < 1.29 is 19.1 Å². The van der Waals surface area contributed by atoms with Crippen LogP contribution < -0.4 is 9.64 Å². The summed E-state index contributed by atoms with van der Waals surface area (Å²) in [6.45, 7) is 4.69. The molecule has 0 saturated carbocycles. The molecule has 24 heavy (non-hydrogen) atoms. The standard InChI is InChI=1S/C17H21ClN2O4/c1-12-11-20(14-10-13(18)2-3-15(14)24-12)17(22)5-4-16(21)19-6-8-23-9-7-19/h2-3,10,12H,4-9,11H2,1H3/t12-/m1/s1. The van der Waals surface area contributed by atoms with Gasteiger partial charge >= 0.3 is 0 Å². The van der Waals surface area contributed by atoms with E-state index in [1.165, 1.54) is 0 Å². The maximum atomic E-state index is 12.6. The number of benzene rings is 1. The molecule has 130 valence electrons. The lowest BCUT2D eigenvalue weighted by molar-refractivity contribution is -0.136. The normalized spacial score (nSPS) is 20.3. The van der Waals surface area contributed by atoms with E-state index in [0.717, 1.165) is 0 Å². The molecule has 3 rings (SSSR count). The molecule has 1 saturated heterocycles. The molecule has 0 bridgehead atoms. The summed E-state index contributed by atoms with van der Waals surface area (Å²) in [4.78, 5) is 28.3. The molecule has 0 radical (unpaired) electrons. The van der Waals surface area contributed by atoms with Gasteiger partial charge in [0.15, 0.2) is 0 Å². The van der Waals surface area contributed by atoms with E-state index < -0.39 is 0 Å². The van der Waals surface area contributed by atoms with E-state index in [9.17, 15) is 9.59 Å². The molecule has 2 aliphatic rings. The maximum Gasteiger partial charge on any atom is 0.227 e. The molecule has 2 heterocycles. The average molecular weight is 353 g/mol. The zero-order valence-corrected chi connectivity index (χ0v) is 14.4. The molecule has 6 nitrogen and oxygen atoms in total. The predicted octanol–water partition coefficient (Wildman–Crippen LogP) is 2.09. The van der Waals surface area contributed by atoms with Crippen molar-refractivity contribution in [3.05, 3.63) is 23.2 Å². The van der Waals surface area contributed by atoms with Crippen molar-refractivity contribution >= 4 is 29.1 Å². The highest BCUT2D eigenvalue weighted by molar-refractivity contribution is 6.31. The number of halogens is 1. The van der Waals surface area contributed by atoms with Crippen LogP contribution in [0, 0.1) is 0 Å². The summed E-state index contributed by atoms with van der Waals surface area (Å²) in [6.07, 6.45) is 0.285. The Bertz CT molecular complexity index is 631. The summed E-state index contributed by atoms with van der Waals surface area (Å²) in [6, 6.07) is 5.24. The third kappa shape index (κ3) is 3.82. The topological polar surface area (TPSA) is 59.1 Å². The molecular formula is C17H21ClN2O4. The molecule has 0 N–H and O–H groups in total. The molecule has 0 spiro atoms. The molecule has 2 aliphatic heterocycles. The highest BCUT2D eigenvalue weighted by Crippen LogP contribution is 2.36. The number of hydrogen-bond acceptors (Lipinski definition) is 4. The van der Waals surface area contributed by atoms with Crippen molar-refractivity contribution in [2.75, 3.05) is 37.7 Å². The van der Waals surface area contributed by atoms with Crippen LogP contribution in [0.15, 0.2) is 18.2 Å². The summed E-state index contributed by atoms with van der Waals surface area (Å²) in [5.41, 5.74) is 0.671. The third-order valence-electron chi connectivity index (χ3n) is 4.20. The first-order valence-electron chi connectivity index (χ1n) is 8.16. The van der Waals surface area contributed by atoms with Gasteiger partial charge in [-0.15, -0.1) is 0 Å². The number of ether oxygens (including phenoxy) is 2. The Balaban J connectivity index is 1.64. The predicted molar refractivity (Wildman–Crippen MR) is 90.5 cm³/mol. The van der Waals surface area contributed by atoms with Gasteiger partial charge in [-0.3, -0.25) is 9.59 Å². The van der Waals surface area contributed by atoms with E-state index in [-0.39, 0.29) is 30.8 Å². The van der Waals surface area contributed by atoms with Crippen molar-refractivity contribution in [2.45, 2.75) is 25.9 Å². The fraction of sp³-hybridized carbons (Fsp3) is 0.529. The molecule has 2 amide bonds. The number of anilines is 1. The van der Waals surface area contributed by atoms with Crippen molar-refractivity contribution in [1.82, 2.24) is 4.90 Å². The Kier molecular flexibility index (Phi) is 5.26. The number of carbonyl (C=O) groups excluding carboxylic acids is 2. The summed E-state index contributed by atoms with van der Waals surface area (Å²) in [5, 5.41) is 0.550. The smallest absolute Gasteiger partial charge is 0.227 e. The van der Waals surface area contributed by atoms with Gasteiger partial charge in [0.25, 0.3) is 0 Å². The minimum absolute atomic E-state index is 0.000671. The molecule has 0 unspecified atom stereocenters. The Morgan fingerprint density at radius 3 is 2.67 bits per heavy atom. The third-order valence-corrected chi connectivity index (χ3v) is 4.43. The minimum atomic E-state index is -0.0995. The quantitative estimate of drug-likeness (QED) is 0.835. The lowest BCUT2D eigenvalue weighted by atomic mass is 10.1. The number of morpholine rings is 1. The van der Waals surface area contributed by atoms with Gasteiger partial charge in [0.05, 0.1) is 25.4 Å². The van der Waals surface area contributed by atoms with Gasteiger partial charge in [-0.05, 0) is 25.1 Å². The second-order valence-corrected chi connectivity index (χ2v) is 6.47. The second kappa shape index (κ2) is 7.40. The molecule has 0 aromatic heterocycles. The largest absolute Gasteiger partial charge is 0.487 e. The Labute approximate surface area is 146 Å². The van der Waals surface area contributed by atoms with Crippen LogP contribution in [0.2, 0.25) is 5.02 Å². The van der Waals surface area contributed by atoms with Crippen molar-refractivity contribution in [1.29, 1.82) is 0 Å². The lowest BCUT2D eigenvalue weighted by Crippen LogP contribution is -2.44. The van der Waals surface area contributed by atoms with Gasteiger partial charge in [0.2, 0.25) is 11.8 Å². The van der Waals surface area contributed by atoms with E-state index >= 15 is 0 Å². The first kappa shape index (κ1) is 17.0. The fourth-order valence-electron chi connectivity index (χ4n) is 2.97. The zero-order valence-electron chi connectivity index (χ0n) is 13.7. The number of amides is 2. The van der Waals surface area contributed by atoms with E-state index in [1.54, 1.807) is 28.0 Å². The highest BCUT2D eigenvalue weighted by Gasteiger charge is 2.28. The van der Waals surface area contributed by atoms with E-state index in [1.807, 2.05) is 6.92 Å². The van der Waals surface area contributed by atoms with Gasteiger partial charge in [-0.25, -0.2) is 0 Å². The number of hydrogen-bond donors (Lipinski definition) is 0. The number of nitrogens with zero attached hydrogens (tertiary/aromatic N) is 2. The molecule has 1 aromatic carbocycles. The monoisotopic (exact) mass is 352 g/mol. The molecule has 1 aromatic rings. The molecular weight excluding hydrogens is 332 g/mol. The van der Waals surface area contributed by atoms with Crippen LogP contribution in [-0.4, -0.2) is 55.7 Å². The van der Waals surface area contributed by atoms with Gasteiger partial charge in [0.1, 0.15) is 11.9 Å². The fourth-order valence-corrected chi connectivity index (χ4v) is 3.13. The van der Waals surface area contributed by atoms with Crippen molar-refractivity contribution in [2.24, 2.45) is 0 Å². The van der Waals surface area contributed by atoms with Crippen LogP contribution in [0.5, 0.6) is 5.75 Å². The summed E-state index contributed by atoms with van der Waals surface area (Å²) in [7, 11) is 0. The summed E-state index contributed by atoms with van der Waals surface area (Å²) >= 11 is 6.05. The van der Waals surface area contributed by atoms with E-state index in [0.29, 0.717) is 49.3 Å². The maximum absolute atomic E-state index is 12.6. The van der Waals surface area contributed by atoms with Crippen LogP contribution in [0.1, 0.15) is 19.8 Å². The Morgan fingerprint density at radius 2 is 1.92 bits per heavy atom. The average Bonchev–Trinajstić information content (AvgIpc) is 2.59. The highest BCUT2D eigenvalue weighted by atomic mass is 35.5. The number of fused-ring (bicyclic) bond motifs is 1. The van der Waals surface area contributed by atoms with Crippen LogP contribution in [0.3, 0.4) is 0 Å². The number of rotatable bonds is 3. The van der Waals surface area contributed by atoms with Crippen LogP contribution in [0.4, 0.5) is 5.69 Å². The molecule has 0 aliphatic carbocycles. The first-order chi connectivity index (χ1) is 11.5. The SMILES string of the molecule is C[C@@H]1CN(C(=O)CCC(=O)N2CCOCC2)c2cc(Cl)ccc2O1. The van der Waals surface area contributed by atoms with Gasteiger partial charge in [-0.2, -0.15) is 0 Å². The Morgan fingerprint density at radius 1 is 1.21 bits per heavy atom. The lowest BCUT2D eigenvalue weighted by Gasteiger charge is -2.34. The van der Waals surface area contributed by atoms with Crippen LogP contribution in [-0.2, 0) is 14.3 Å². The Hall–Kier alpha value is -1.79. The number of carbonyl (C=O) groups is 2. The van der Waals surface area contributed by atoms with Crippen molar-refractivity contribution in [3.8, 4) is 5.75 Å². The van der Waals surface area contributed by atoms with Gasteiger partial charge in [0, 0.05) is 31.0 Å². The van der Waals surface area contributed by atoms with Crippen LogP contribution in [0.25, 0.3) is 0 Å².